The topological polar surface area (TPSA) is 42.8 Å². The van der Waals surface area contributed by atoms with E-state index < -0.39 is 0 Å². The van der Waals surface area contributed by atoms with Gasteiger partial charge in [-0.05, 0) is 49.0 Å². The second kappa shape index (κ2) is 4.92. The quantitative estimate of drug-likeness (QED) is 0.726. The van der Waals surface area contributed by atoms with E-state index in [1.807, 2.05) is 35.8 Å². The minimum absolute atomic E-state index is 0.536. The Balaban J connectivity index is 2.30. The van der Waals surface area contributed by atoms with Gasteiger partial charge in [0.05, 0.1) is 23.3 Å². The first-order valence-electron chi connectivity index (χ1n) is 6.02. The molecule has 0 aliphatic heterocycles. The number of H-pyrrole nitrogens is 1. The highest BCUT2D eigenvalue weighted by atomic mass is 35.5. The third-order valence-corrected chi connectivity index (χ3v) is 3.76. The Bertz CT molecular complexity index is 853. The number of aromatic amines is 1. The standard InChI is InChI=1S/C14H12ClN3OS/c1-8-5-6-16-13-12(8)17-14(20)18(13)9-3-4-11(19-2)10(15)7-9/h3-7H,1-2H3,(H,17,20). The van der Waals surface area contributed by atoms with Crippen molar-refractivity contribution in [2.75, 3.05) is 7.11 Å². The average molecular weight is 306 g/mol. The zero-order valence-electron chi connectivity index (χ0n) is 11.0. The van der Waals surface area contributed by atoms with Crippen LogP contribution in [0.1, 0.15) is 5.56 Å². The maximum Gasteiger partial charge on any atom is 0.184 e. The van der Waals surface area contributed by atoms with Gasteiger partial charge in [0.2, 0.25) is 0 Å². The van der Waals surface area contributed by atoms with Crippen LogP contribution in [0.3, 0.4) is 0 Å². The summed E-state index contributed by atoms with van der Waals surface area (Å²) in [5, 5.41) is 0.536. The van der Waals surface area contributed by atoms with Crippen LogP contribution in [0.2, 0.25) is 5.02 Å². The van der Waals surface area contributed by atoms with Gasteiger partial charge < -0.3 is 9.72 Å². The lowest BCUT2D eigenvalue weighted by atomic mass is 10.2. The average Bonchev–Trinajstić information content (AvgIpc) is 2.76. The van der Waals surface area contributed by atoms with Crippen molar-refractivity contribution < 1.29 is 4.74 Å². The summed E-state index contributed by atoms with van der Waals surface area (Å²) in [6.07, 6.45) is 1.77. The highest BCUT2D eigenvalue weighted by Gasteiger charge is 2.11. The molecule has 0 radical (unpaired) electrons. The summed E-state index contributed by atoms with van der Waals surface area (Å²) in [5.74, 6) is 0.630. The predicted octanol–water partition coefficient (Wildman–Crippen LogP) is 4.05. The lowest BCUT2D eigenvalue weighted by Crippen LogP contribution is -1.96. The fourth-order valence-electron chi connectivity index (χ4n) is 2.16. The summed E-state index contributed by atoms with van der Waals surface area (Å²) in [6, 6.07) is 7.47. The van der Waals surface area contributed by atoms with Crippen molar-refractivity contribution in [3.8, 4) is 11.4 Å². The number of hydrogen-bond acceptors (Lipinski definition) is 3. The van der Waals surface area contributed by atoms with Crippen molar-refractivity contribution in [2.45, 2.75) is 6.92 Å². The van der Waals surface area contributed by atoms with Crippen LogP contribution in [-0.2, 0) is 0 Å². The number of pyridine rings is 1. The van der Waals surface area contributed by atoms with E-state index in [1.165, 1.54) is 0 Å². The lowest BCUT2D eigenvalue weighted by molar-refractivity contribution is 0.415. The van der Waals surface area contributed by atoms with Crippen molar-refractivity contribution in [3.05, 3.63) is 45.8 Å². The molecule has 20 heavy (non-hydrogen) atoms. The van der Waals surface area contributed by atoms with Gasteiger partial charge in [0, 0.05) is 6.20 Å². The van der Waals surface area contributed by atoms with E-state index in [9.17, 15) is 0 Å². The first kappa shape index (κ1) is 13.1. The fourth-order valence-corrected chi connectivity index (χ4v) is 2.71. The van der Waals surface area contributed by atoms with Crippen LogP contribution in [0.25, 0.3) is 16.9 Å². The van der Waals surface area contributed by atoms with E-state index in [-0.39, 0.29) is 0 Å². The first-order chi connectivity index (χ1) is 9.61. The number of rotatable bonds is 2. The molecule has 0 fully saturated rings. The Morgan fingerprint density at radius 3 is 2.85 bits per heavy atom. The van der Waals surface area contributed by atoms with E-state index in [1.54, 1.807) is 13.3 Å². The van der Waals surface area contributed by atoms with Crippen molar-refractivity contribution in [2.24, 2.45) is 0 Å². The number of fused-ring (bicyclic) bond motifs is 1. The number of aromatic nitrogens is 3. The zero-order chi connectivity index (χ0) is 14.3. The molecule has 2 aromatic heterocycles. The molecule has 1 N–H and O–H groups in total. The molecule has 0 aliphatic carbocycles. The van der Waals surface area contributed by atoms with E-state index in [4.69, 9.17) is 28.6 Å². The summed E-state index contributed by atoms with van der Waals surface area (Å²) >= 11 is 11.6. The van der Waals surface area contributed by atoms with Crippen molar-refractivity contribution in [1.82, 2.24) is 14.5 Å². The second-order valence-corrected chi connectivity index (χ2v) is 5.20. The van der Waals surface area contributed by atoms with Gasteiger partial charge in [0.25, 0.3) is 0 Å². The van der Waals surface area contributed by atoms with Gasteiger partial charge in [0.15, 0.2) is 10.4 Å². The molecule has 0 saturated carbocycles. The molecular formula is C14H12ClN3OS. The number of benzene rings is 1. The third kappa shape index (κ3) is 1.99. The van der Waals surface area contributed by atoms with Crippen LogP contribution in [0.5, 0.6) is 5.75 Å². The molecule has 0 bridgehead atoms. The number of methoxy groups -OCH3 is 1. The minimum atomic E-state index is 0.536. The molecule has 3 rings (SSSR count). The van der Waals surface area contributed by atoms with Crippen LogP contribution in [-0.4, -0.2) is 21.6 Å². The molecule has 4 nitrogen and oxygen atoms in total. The molecule has 0 aliphatic rings. The minimum Gasteiger partial charge on any atom is -0.495 e. The summed E-state index contributed by atoms with van der Waals surface area (Å²) in [6.45, 7) is 2.01. The van der Waals surface area contributed by atoms with Gasteiger partial charge in [-0.2, -0.15) is 0 Å². The molecule has 0 amide bonds. The molecular weight excluding hydrogens is 294 g/mol. The van der Waals surface area contributed by atoms with Crippen molar-refractivity contribution in [1.29, 1.82) is 0 Å². The lowest BCUT2D eigenvalue weighted by Gasteiger charge is -2.07. The van der Waals surface area contributed by atoms with E-state index >= 15 is 0 Å². The zero-order valence-corrected chi connectivity index (χ0v) is 12.5. The molecule has 0 spiro atoms. The number of nitrogens with one attached hydrogen (secondary N) is 1. The van der Waals surface area contributed by atoms with E-state index in [0.29, 0.717) is 15.5 Å². The van der Waals surface area contributed by atoms with Gasteiger partial charge in [-0.15, -0.1) is 0 Å². The van der Waals surface area contributed by atoms with Crippen LogP contribution in [0.15, 0.2) is 30.5 Å². The SMILES string of the molecule is COc1ccc(-n2c(=S)[nH]c3c(C)ccnc32)cc1Cl. The molecule has 0 saturated heterocycles. The number of ether oxygens (including phenoxy) is 1. The van der Waals surface area contributed by atoms with E-state index in [0.717, 1.165) is 22.4 Å². The van der Waals surface area contributed by atoms with E-state index in [2.05, 4.69) is 9.97 Å². The first-order valence-corrected chi connectivity index (χ1v) is 6.80. The van der Waals surface area contributed by atoms with Gasteiger partial charge in [-0.25, -0.2) is 4.98 Å². The van der Waals surface area contributed by atoms with Crippen LogP contribution < -0.4 is 4.74 Å². The fraction of sp³-hybridized carbons (Fsp3) is 0.143. The number of aryl methyl sites for hydroxylation is 1. The monoisotopic (exact) mass is 305 g/mol. The van der Waals surface area contributed by atoms with Crippen LogP contribution in [0.4, 0.5) is 0 Å². The second-order valence-electron chi connectivity index (χ2n) is 4.41. The van der Waals surface area contributed by atoms with Gasteiger partial charge in [0.1, 0.15) is 5.75 Å². The Hall–Kier alpha value is -1.85. The van der Waals surface area contributed by atoms with Gasteiger partial charge in [-0.3, -0.25) is 4.57 Å². The summed E-state index contributed by atoms with van der Waals surface area (Å²) < 4.78 is 7.61. The molecule has 6 heteroatoms. The Morgan fingerprint density at radius 2 is 2.15 bits per heavy atom. The highest BCUT2D eigenvalue weighted by Crippen LogP contribution is 2.28. The van der Waals surface area contributed by atoms with Gasteiger partial charge >= 0.3 is 0 Å². The normalized spacial score (nSPS) is 10.9. The summed E-state index contributed by atoms with van der Waals surface area (Å²) in [4.78, 5) is 7.58. The molecule has 0 unspecified atom stereocenters. The number of halogens is 1. The maximum atomic E-state index is 6.18. The molecule has 2 heterocycles. The molecule has 3 aromatic rings. The van der Waals surface area contributed by atoms with Crippen LogP contribution in [0, 0.1) is 11.7 Å². The maximum absolute atomic E-state index is 6.18. The van der Waals surface area contributed by atoms with Crippen molar-refractivity contribution >= 4 is 35.0 Å². The van der Waals surface area contributed by atoms with Crippen LogP contribution >= 0.6 is 23.8 Å². The van der Waals surface area contributed by atoms with Gasteiger partial charge in [-0.1, -0.05) is 11.6 Å². The smallest absolute Gasteiger partial charge is 0.184 e. The summed E-state index contributed by atoms with van der Waals surface area (Å²) in [5.41, 5.74) is 3.67. The number of nitrogens with zero attached hydrogens (tertiary/aromatic N) is 2. The molecule has 1 aromatic carbocycles. The molecule has 0 atom stereocenters. The number of imidazole rings is 1. The highest BCUT2D eigenvalue weighted by molar-refractivity contribution is 7.71. The third-order valence-electron chi connectivity index (χ3n) is 3.18. The Kier molecular flexibility index (Phi) is 3.23. The predicted molar refractivity (Wildman–Crippen MR) is 82.6 cm³/mol. The van der Waals surface area contributed by atoms with Crippen molar-refractivity contribution in [3.63, 3.8) is 0 Å². The Morgan fingerprint density at radius 1 is 1.35 bits per heavy atom. The largest absolute Gasteiger partial charge is 0.495 e. The summed E-state index contributed by atoms with van der Waals surface area (Å²) in [7, 11) is 1.59. The molecule has 102 valence electrons. The number of hydrogen-bond donors (Lipinski definition) is 1. The Labute approximate surface area is 126 Å².